The molecule has 0 saturated heterocycles. The van der Waals surface area contributed by atoms with Crippen LogP contribution in [-0.2, 0) is 0 Å². The molecule has 15 heavy (non-hydrogen) atoms. The molecular weight excluding hydrogens is 228 g/mol. The van der Waals surface area contributed by atoms with Gasteiger partial charge in [0.25, 0.3) is 0 Å². The summed E-state index contributed by atoms with van der Waals surface area (Å²) in [6.45, 7) is 2.08. The average molecular weight is 242 g/mol. The number of nitrogens with two attached hydrogens (primary N) is 1. The maximum atomic E-state index is 5.48. The van der Waals surface area contributed by atoms with E-state index in [1.54, 1.807) is 24.0 Å². The highest BCUT2D eigenvalue weighted by Crippen LogP contribution is 2.05. The number of thiocarbonyl (C=S) groups is 1. The second kappa shape index (κ2) is 5.87. The van der Waals surface area contributed by atoms with E-state index in [2.05, 4.69) is 28.5 Å². The van der Waals surface area contributed by atoms with Crippen LogP contribution in [0, 0.1) is 0 Å². The van der Waals surface area contributed by atoms with Gasteiger partial charge >= 0.3 is 0 Å². The van der Waals surface area contributed by atoms with Crippen LogP contribution in [0.3, 0.4) is 0 Å². The molecular formula is C9H14N4S2. The molecule has 1 heterocycles. The van der Waals surface area contributed by atoms with Gasteiger partial charge in [0.05, 0.1) is 0 Å². The first kappa shape index (κ1) is 12.2. The van der Waals surface area contributed by atoms with Crippen LogP contribution in [-0.4, -0.2) is 33.0 Å². The molecule has 0 aromatic carbocycles. The van der Waals surface area contributed by atoms with Crippen molar-refractivity contribution in [2.45, 2.75) is 13.0 Å². The molecule has 0 radical (unpaired) electrons. The fourth-order valence-electron chi connectivity index (χ4n) is 1.08. The molecule has 0 spiro atoms. The van der Waals surface area contributed by atoms with Gasteiger partial charge in [0.2, 0.25) is 5.95 Å². The van der Waals surface area contributed by atoms with Crippen molar-refractivity contribution in [2.24, 2.45) is 5.73 Å². The second-order valence-corrected chi connectivity index (χ2v) is 4.48. The summed E-state index contributed by atoms with van der Waals surface area (Å²) in [5.74, 6) is 1.57. The number of anilines is 1. The predicted octanol–water partition coefficient (Wildman–Crippen LogP) is 1.27. The molecule has 0 bridgehead atoms. The van der Waals surface area contributed by atoms with Crippen molar-refractivity contribution in [3.63, 3.8) is 0 Å². The molecule has 1 aromatic rings. The Kier molecular flexibility index (Phi) is 4.77. The van der Waals surface area contributed by atoms with E-state index in [1.807, 2.05) is 0 Å². The highest BCUT2D eigenvalue weighted by atomic mass is 32.2. The minimum absolute atomic E-state index is 0.290. The summed E-state index contributed by atoms with van der Waals surface area (Å²) in [6.07, 6.45) is 3.71. The van der Waals surface area contributed by atoms with E-state index < -0.39 is 0 Å². The number of rotatable bonds is 5. The van der Waals surface area contributed by atoms with E-state index in [-0.39, 0.29) is 4.99 Å². The van der Waals surface area contributed by atoms with Crippen molar-refractivity contribution in [1.82, 2.24) is 9.97 Å². The first-order valence-electron chi connectivity index (χ1n) is 4.52. The third-order valence-electron chi connectivity index (χ3n) is 1.70. The fourth-order valence-corrected chi connectivity index (χ4v) is 1.77. The number of nitrogens with zero attached hydrogens (tertiary/aromatic N) is 2. The molecule has 0 amide bonds. The number of aromatic nitrogens is 2. The Labute approximate surface area is 99.1 Å². The Balaban J connectivity index is 2.69. The third kappa shape index (κ3) is 4.01. The van der Waals surface area contributed by atoms with Gasteiger partial charge in [0, 0.05) is 18.0 Å². The van der Waals surface area contributed by atoms with Crippen LogP contribution in [0.25, 0.3) is 0 Å². The zero-order valence-corrected chi connectivity index (χ0v) is 10.4. The van der Waals surface area contributed by atoms with E-state index >= 15 is 0 Å². The van der Waals surface area contributed by atoms with E-state index in [0.29, 0.717) is 17.7 Å². The highest BCUT2D eigenvalue weighted by molar-refractivity contribution is 7.98. The maximum absolute atomic E-state index is 5.48. The third-order valence-corrected chi connectivity index (χ3v) is 2.74. The smallest absolute Gasteiger partial charge is 0.223 e. The maximum Gasteiger partial charge on any atom is 0.223 e. The summed E-state index contributed by atoms with van der Waals surface area (Å²) in [6, 6.07) is 2.02. The molecule has 0 saturated carbocycles. The van der Waals surface area contributed by atoms with E-state index in [0.717, 1.165) is 5.75 Å². The van der Waals surface area contributed by atoms with Gasteiger partial charge in [-0.1, -0.05) is 12.2 Å². The second-order valence-electron chi connectivity index (χ2n) is 3.13. The lowest BCUT2D eigenvalue weighted by Crippen LogP contribution is -2.21. The largest absolute Gasteiger partial charge is 0.388 e. The van der Waals surface area contributed by atoms with Gasteiger partial charge in [-0.3, -0.25) is 0 Å². The Hall–Kier alpha value is -0.880. The molecule has 4 nitrogen and oxygen atoms in total. The van der Waals surface area contributed by atoms with Crippen LogP contribution < -0.4 is 11.1 Å². The van der Waals surface area contributed by atoms with Gasteiger partial charge in [-0.05, 0) is 19.2 Å². The molecule has 1 unspecified atom stereocenters. The lowest BCUT2D eigenvalue weighted by Gasteiger charge is -2.12. The Morgan fingerprint density at radius 2 is 2.47 bits per heavy atom. The molecule has 82 valence electrons. The summed E-state index contributed by atoms with van der Waals surface area (Å²) in [5.41, 5.74) is 6.08. The monoisotopic (exact) mass is 242 g/mol. The van der Waals surface area contributed by atoms with Crippen LogP contribution >= 0.6 is 24.0 Å². The molecule has 1 rings (SSSR count). The highest BCUT2D eigenvalue weighted by Gasteiger charge is 2.04. The van der Waals surface area contributed by atoms with Gasteiger partial charge in [-0.2, -0.15) is 11.8 Å². The lowest BCUT2D eigenvalue weighted by atomic mass is 10.4. The van der Waals surface area contributed by atoms with Gasteiger partial charge < -0.3 is 11.1 Å². The minimum Gasteiger partial charge on any atom is -0.388 e. The molecule has 0 aliphatic heterocycles. The molecule has 6 heteroatoms. The van der Waals surface area contributed by atoms with Crippen LogP contribution in [0.5, 0.6) is 0 Å². The Morgan fingerprint density at radius 3 is 3.07 bits per heavy atom. The number of thioether (sulfide) groups is 1. The van der Waals surface area contributed by atoms with Crippen LogP contribution in [0.4, 0.5) is 5.95 Å². The van der Waals surface area contributed by atoms with Crippen molar-refractivity contribution in [3.05, 3.63) is 18.0 Å². The van der Waals surface area contributed by atoms with E-state index in [9.17, 15) is 0 Å². The standard InChI is InChI=1S/C9H14N4S2/c1-6(5-15-2)12-9-11-4-3-7(13-9)8(10)14/h3-4,6H,5H2,1-2H3,(H2,10,14)(H,11,12,13). The first-order chi connectivity index (χ1) is 7.13. The number of hydrogen-bond donors (Lipinski definition) is 2. The van der Waals surface area contributed by atoms with E-state index in [4.69, 9.17) is 18.0 Å². The Bertz CT molecular complexity index is 343. The van der Waals surface area contributed by atoms with Crippen LogP contribution in [0.1, 0.15) is 12.6 Å². The molecule has 0 aliphatic carbocycles. The summed E-state index contributed by atoms with van der Waals surface area (Å²) in [4.78, 5) is 8.58. The zero-order chi connectivity index (χ0) is 11.3. The summed E-state index contributed by atoms with van der Waals surface area (Å²) in [7, 11) is 0. The predicted molar refractivity (Wildman–Crippen MR) is 69.4 cm³/mol. The summed E-state index contributed by atoms with van der Waals surface area (Å²) < 4.78 is 0. The average Bonchev–Trinajstić information content (AvgIpc) is 2.18. The van der Waals surface area contributed by atoms with Crippen LogP contribution in [0.2, 0.25) is 0 Å². The number of nitrogens with one attached hydrogen (secondary N) is 1. The zero-order valence-electron chi connectivity index (χ0n) is 8.73. The topological polar surface area (TPSA) is 63.8 Å². The summed E-state index contributed by atoms with van der Waals surface area (Å²) in [5, 5.41) is 3.18. The normalized spacial score (nSPS) is 12.1. The quantitative estimate of drug-likeness (QED) is 0.758. The van der Waals surface area contributed by atoms with E-state index in [1.165, 1.54) is 0 Å². The van der Waals surface area contributed by atoms with Gasteiger partial charge in [0.1, 0.15) is 10.7 Å². The Morgan fingerprint density at radius 1 is 1.73 bits per heavy atom. The SMILES string of the molecule is CSCC(C)Nc1nccc(C(N)=S)n1. The summed E-state index contributed by atoms with van der Waals surface area (Å²) >= 11 is 6.61. The van der Waals surface area contributed by atoms with Crippen molar-refractivity contribution in [3.8, 4) is 0 Å². The number of hydrogen-bond acceptors (Lipinski definition) is 5. The molecule has 0 aliphatic rings. The van der Waals surface area contributed by atoms with Gasteiger partial charge in [-0.25, -0.2) is 9.97 Å². The van der Waals surface area contributed by atoms with Gasteiger partial charge in [0.15, 0.2) is 0 Å². The van der Waals surface area contributed by atoms with Crippen molar-refractivity contribution in [1.29, 1.82) is 0 Å². The molecule has 1 atom stereocenters. The molecule has 3 N–H and O–H groups in total. The van der Waals surface area contributed by atoms with Crippen molar-refractivity contribution in [2.75, 3.05) is 17.3 Å². The fraction of sp³-hybridized carbons (Fsp3) is 0.444. The van der Waals surface area contributed by atoms with Crippen LogP contribution in [0.15, 0.2) is 12.3 Å². The van der Waals surface area contributed by atoms with Crippen molar-refractivity contribution < 1.29 is 0 Å². The first-order valence-corrected chi connectivity index (χ1v) is 6.32. The molecule has 0 fully saturated rings. The lowest BCUT2D eigenvalue weighted by molar-refractivity contribution is 0.886. The minimum atomic E-state index is 0.290. The van der Waals surface area contributed by atoms with Crippen molar-refractivity contribution >= 4 is 34.9 Å². The van der Waals surface area contributed by atoms with Gasteiger partial charge in [-0.15, -0.1) is 0 Å². The molecule has 1 aromatic heterocycles.